The molecule has 1 aromatic carbocycles. The number of hydrogen-bond donors (Lipinski definition) is 1. The van der Waals surface area contributed by atoms with E-state index in [1.807, 2.05) is 30.0 Å². The number of likely N-dealkylation sites (N-methyl/N-ethyl adjacent to an activating group) is 1. The summed E-state index contributed by atoms with van der Waals surface area (Å²) in [5.41, 5.74) is 8.45. The van der Waals surface area contributed by atoms with Crippen molar-refractivity contribution in [3.05, 3.63) is 59.4 Å². The molecule has 0 saturated carbocycles. The van der Waals surface area contributed by atoms with Crippen LogP contribution in [0.4, 0.5) is 26.1 Å². The topological polar surface area (TPSA) is 82.6 Å². The van der Waals surface area contributed by atoms with Gasteiger partial charge >= 0.3 is 0 Å². The number of aromatic nitrogens is 4. The van der Waals surface area contributed by atoms with Crippen molar-refractivity contribution < 1.29 is 8.78 Å². The zero-order chi connectivity index (χ0) is 25.9. The molecule has 3 aromatic rings. The fraction of sp³-hybridized carbons (Fsp3) is 0.423. The Balaban J connectivity index is 0.00000336. The van der Waals surface area contributed by atoms with Gasteiger partial charge in [0.25, 0.3) is 5.95 Å². The van der Waals surface area contributed by atoms with E-state index < -0.39 is 11.6 Å². The molecule has 2 N–H and O–H groups in total. The Bertz CT molecular complexity index is 1250. The molecule has 2 aliphatic rings. The summed E-state index contributed by atoms with van der Waals surface area (Å²) >= 11 is 0. The predicted octanol–water partition coefficient (Wildman–Crippen LogP) is 2.84. The van der Waals surface area contributed by atoms with Crippen LogP contribution in [0.25, 0.3) is 12.0 Å². The summed E-state index contributed by atoms with van der Waals surface area (Å²) in [4.78, 5) is 18.0. The quantitative estimate of drug-likeness (QED) is 0.506. The molecule has 38 heavy (non-hydrogen) atoms. The number of anilines is 3. The highest BCUT2D eigenvalue weighted by molar-refractivity contribution is 5.85. The maximum Gasteiger partial charge on any atom is 0.254 e. The molecular weight excluding hydrogens is 512 g/mol. The van der Waals surface area contributed by atoms with E-state index in [-0.39, 0.29) is 12.4 Å². The van der Waals surface area contributed by atoms with Gasteiger partial charge in [0.15, 0.2) is 0 Å². The van der Waals surface area contributed by atoms with Crippen molar-refractivity contribution in [1.82, 2.24) is 29.5 Å². The largest absolute Gasteiger partial charge is 0.383 e. The highest BCUT2D eigenvalue weighted by atomic mass is 35.5. The summed E-state index contributed by atoms with van der Waals surface area (Å²) in [5.74, 6) is 0.619. The highest BCUT2D eigenvalue weighted by Crippen LogP contribution is 2.21. The van der Waals surface area contributed by atoms with E-state index in [2.05, 4.69) is 32.8 Å². The van der Waals surface area contributed by atoms with Crippen molar-refractivity contribution in [2.24, 2.45) is 0 Å². The molecule has 0 spiro atoms. The summed E-state index contributed by atoms with van der Waals surface area (Å²) < 4.78 is 28.8. The number of benzene rings is 1. The average Bonchev–Trinajstić information content (AvgIpc) is 3.24. The van der Waals surface area contributed by atoms with E-state index in [9.17, 15) is 8.78 Å². The van der Waals surface area contributed by atoms with Crippen molar-refractivity contribution in [2.45, 2.75) is 6.92 Å². The van der Waals surface area contributed by atoms with Crippen LogP contribution < -0.4 is 15.5 Å². The molecule has 2 aliphatic heterocycles. The van der Waals surface area contributed by atoms with E-state index in [4.69, 9.17) is 15.8 Å². The molecule has 4 heterocycles. The van der Waals surface area contributed by atoms with E-state index in [0.717, 1.165) is 69.1 Å². The molecule has 0 unspecified atom stereocenters. The highest BCUT2D eigenvalue weighted by Gasteiger charge is 2.19. The Morgan fingerprint density at radius 3 is 2.21 bits per heavy atom. The Morgan fingerprint density at radius 2 is 1.53 bits per heavy atom. The first-order valence-electron chi connectivity index (χ1n) is 12.6. The van der Waals surface area contributed by atoms with Crippen molar-refractivity contribution in [2.75, 3.05) is 81.5 Å². The Kier molecular flexibility index (Phi) is 8.80. The second kappa shape index (κ2) is 12.1. The summed E-state index contributed by atoms with van der Waals surface area (Å²) in [7, 11) is 2.12. The molecule has 9 nitrogen and oxygen atoms in total. The second-order valence-corrected chi connectivity index (χ2v) is 9.68. The summed E-state index contributed by atoms with van der Waals surface area (Å²) in [6.45, 7) is 9.53. The molecular formula is C26H34ClF2N9. The molecule has 12 heteroatoms. The number of rotatable bonds is 6. The summed E-state index contributed by atoms with van der Waals surface area (Å²) in [6.07, 6.45) is 4.07. The molecule has 0 amide bonds. The van der Waals surface area contributed by atoms with E-state index in [0.29, 0.717) is 30.5 Å². The molecule has 5 rings (SSSR count). The van der Waals surface area contributed by atoms with Gasteiger partial charge in [-0.15, -0.1) is 12.4 Å². The minimum atomic E-state index is -0.547. The SMILES string of the molecule is Cc1cc(/C=C/CN2CCN(c3cc(F)cc(F)c3)CC2)nn1-c1nc(N)cc(N2CCN(C)CC2)n1.Cl. The fourth-order valence-electron chi connectivity index (χ4n) is 4.75. The van der Waals surface area contributed by atoms with Gasteiger partial charge in [0.1, 0.15) is 23.3 Å². The van der Waals surface area contributed by atoms with Gasteiger partial charge < -0.3 is 20.4 Å². The maximum atomic E-state index is 13.6. The van der Waals surface area contributed by atoms with Crippen LogP contribution in [0.5, 0.6) is 0 Å². The maximum absolute atomic E-state index is 13.6. The number of piperazine rings is 2. The summed E-state index contributed by atoms with van der Waals surface area (Å²) in [6, 6.07) is 7.48. The average molecular weight is 546 g/mol. The van der Waals surface area contributed by atoms with Crippen molar-refractivity contribution >= 4 is 35.8 Å². The van der Waals surface area contributed by atoms with Gasteiger partial charge in [-0.3, -0.25) is 4.90 Å². The van der Waals surface area contributed by atoms with Crippen molar-refractivity contribution in [3.63, 3.8) is 0 Å². The third kappa shape index (κ3) is 6.58. The Labute approximate surface area is 227 Å². The lowest BCUT2D eigenvalue weighted by Gasteiger charge is -2.35. The van der Waals surface area contributed by atoms with Crippen LogP contribution >= 0.6 is 12.4 Å². The van der Waals surface area contributed by atoms with Crippen LogP contribution in [-0.4, -0.2) is 95.5 Å². The Morgan fingerprint density at radius 1 is 0.868 bits per heavy atom. The molecule has 0 bridgehead atoms. The van der Waals surface area contributed by atoms with E-state index in [1.54, 1.807) is 4.68 Å². The van der Waals surface area contributed by atoms with E-state index >= 15 is 0 Å². The molecule has 2 fully saturated rings. The summed E-state index contributed by atoms with van der Waals surface area (Å²) in [5, 5.41) is 4.70. The zero-order valence-electron chi connectivity index (χ0n) is 21.7. The molecule has 0 aliphatic carbocycles. The number of hydrogen-bond acceptors (Lipinski definition) is 8. The van der Waals surface area contributed by atoms with Crippen molar-refractivity contribution in [3.8, 4) is 5.95 Å². The number of halogens is 3. The third-order valence-corrected chi connectivity index (χ3v) is 6.88. The first-order chi connectivity index (χ1) is 17.8. The van der Waals surface area contributed by atoms with Crippen LogP contribution in [-0.2, 0) is 0 Å². The minimum absolute atomic E-state index is 0. The zero-order valence-corrected chi connectivity index (χ0v) is 22.5. The second-order valence-electron chi connectivity index (χ2n) is 9.68. The third-order valence-electron chi connectivity index (χ3n) is 6.88. The van der Waals surface area contributed by atoms with Crippen LogP contribution in [0, 0.1) is 18.6 Å². The molecule has 2 saturated heterocycles. The molecule has 2 aromatic heterocycles. The normalized spacial score (nSPS) is 17.3. The standard InChI is InChI=1S/C26H33F2N9.ClH/c1-19-14-22(4-3-5-34-8-12-35(13-9-34)23-16-20(27)15-21(28)17-23)32-37(19)26-30-24(29)18-25(31-26)36-10-6-33(2)7-11-36;/h3-4,14-18H,5-13H2,1-2H3,(H2,29,30,31);1H/b4-3+;. The van der Waals surface area contributed by atoms with Gasteiger partial charge in [-0.05, 0) is 38.2 Å². The predicted molar refractivity (Wildman–Crippen MR) is 149 cm³/mol. The lowest BCUT2D eigenvalue weighted by molar-refractivity contribution is 0.284. The Hall–Kier alpha value is -3.28. The van der Waals surface area contributed by atoms with Gasteiger partial charge in [-0.2, -0.15) is 15.1 Å². The first kappa shape index (κ1) is 27.7. The van der Waals surface area contributed by atoms with Gasteiger partial charge in [0.05, 0.1) is 5.69 Å². The fourth-order valence-corrected chi connectivity index (χ4v) is 4.75. The number of nitrogen functional groups attached to an aromatic ring is 1. The van der Waals surface area contributed by atoms with E-state index in [1.165, 1.54) is 12.1 Å². The lowest BCUT2D eigenvalue weighted by Crippen LogP contribution is -2.46. The smallest absolute Gasteiger partial charge is 0.254 e. The van der Waals surface area contributed by atoms with Crippen LogP contribution in [0.3, 0.4) is 0 Å². The van der Waals surface area contributed by atoms with Gasteiger partial charge in [0, 0.05) is 82.4 Å². The number of aryl methyl sites for hydroxylation is 1. The van der Waals surface area contributed by atoms with Gasteiger partial charge in [-0.25, -0.2) is 13.5 Å². The van der Waals surface area contributed by atoms with Crippen molar-refractivity contribution in [1.29, 1.82) is 0 Å². The van der Waals surface area contributed by atoms with Crippen LogP contribution in [0.1, 0.15) is 11.4 Å². The lowest BCUT2D eigenvalue weighted by atomic mass is 10.2. The number of nitrogens with two attached hydrogens (primary N) is 1. The first-order valence-corrected chi connectivity index (χ1v) is 12.6. The van der Waals surface area contributed by atoms with Crippen LogP contribution in [0.2, 0.25) is 0 Å². The van der Waals surface area contributed by atoms with Gasteiger partial charge in [-0.1, -0.05) is 6.08 Å². The molecule has 0 radical (unpaired) electrons. The molecule has 204 valence electrons. The minimum Gasteiger partial charge on any atom is -0.383 e. The van der Waals surface area contributed by atoms with Gasteiger partial charge in [0.2, 0.25) is 0 Å². The monoisotopic (exact) mass is 545 g/mol. The molecule has 0 atom stereocenters. The number of nitrogens with zero attached hydrogens (tertiary/aromatic N) is 8. The van der Waals surface area contributed by atoms with Crippen LogP contribution in [0.15, 0.2) is 36.4 Å².